The third-order valence-electron chi connectivity index (χ3n) is 4.09. The fraction of sp³-hybridized carbons (Fsp3) is 0.500. The maximum atomic E-state index is 12.2. The van der Waals surface area contributed by atoms with Crippen molar-refractivity contribution in [1.82, 2.24) is 16.0 Å². The lowest BCUT2D eigenvalue weighted by Gasteiger charge is -2.29. The Morgan fingerprint density at radius 3 is 2.71 bits per heavy atom. The summed E-state index contributed by atoms with van der Waals surface area (Å²) in [5.41, 5.74) is 0.574. The Hall–Kier alpha value is -1.01. The molecule has 0 aliphatic carbocycles. The topological polar surface area (TPSA) is 73.4 Å². The molecular formula is C14H17Cl2N3O2. The van der Waals surface area contributed by atoms with Gasteiger partial charge in [-0.1, -0.05) is 23.2 Å². The number of phenols is 1. The highest BCUT2D eigenvalue weighted by molar-refractivity contribution is 6.42. The van der Waals surface area contributed by atoms with Gasteiger partial charge >= 0.3 is 0 Å². The van der Waals surface area contributed by atoms with Crippen LogP contribution < -0.4 is 16.0 Å². The van der Waals surface area contributed by atoms with Gasteiger partial charge in [0, 0.05) is 31.2 Å². The lowest BCUT2D eigenvalue weighted by atomic mass is 9.98. The molecule has 1 aromatic rings. The number of hydrogen-bond donors (Lipinski definition) is 4. The highest BCUT2D eigenvalue weighted by Gasteiger charge is 2.34. The Morgan fingerprint density at radius 2 is 2.05 bits per heavy atom. The van der Waals surface area contributed by atoms with Crippen LogP contribution in [0.3, 0.4) is 0 Å². The maximum Gasteiger partial charge on any atom is 0.224 e. The van der Waals surface area contributed by atoms with E-state index in [1.54, 1.807) is 6.07 Å². The Morgan fingerprint density at radius 1 is 1.29 bits per heavy atom. The number of carbonyl (C=O) groups excluding carboxylic acids is 1. The van der Waals surface area contributed by atoms with E-state index in [0.29, 0.717) is 28.6 Å². The Kier molecular flexibility index (Phi) is 4.26. The molecule has 0 aromatic heterocycles. The summed E-state index contributed by atoms with van der Waals surface area (Å²) in [6.07, 6.45) is 0.597. The van der Waals surface area contributed by atoms with Crippen LogP contribution in [0.1, 0.15) is 18.0 Å². The molecule has 5 nitrogen and oxygen atoms in total. The quantitative estimate of drug-likeness (QED) is 0.677. The minimum Gasteiger partial charge on any atom is -0.508 e. The molecule has 2 atom stereocenters. The second-order valence-corrected chi connectivity index (χ2v) is 6.34. The Bertz CT molecular complexity index is 563. The number of phenolic OH excluding ortho intramolecular Hbond substituents is 1. The fourth-order valence-corrected chi connectivity index (χ4v) is 3.21. The van der Waals surface area contributed by atoms with Crippen LogP contribution in [0.25, 0.3) is 0 Å². The van der Waals surface area contributed by atoms with Gasteiger partial charge in [0.05, 0.1) is 22.0 Å². The van der Waals surface area contributed by atoms with Gasteiger partial charge in [-0.2, -0.15) is 0 Å². The maximum absolute atomic E-state index is 12.2. The summed E-state index contributed by atoms with van der Waals surface area (Å²) < 4.78 is 0. The van der Waals surface area contributed by atoms with Crippen LogP contribution in [-0.4, -0.2) is 36.7 Å². The molecule has 1 aromatic carbocycles. The summed E-state index contributed by atoms with van der Waals surface area (Å²) in [5.74, 6) is 0.0327. The van der Waals surface area contributed by atoms with E-state index in [1.165, 1.54) is 6.07 Å². The second-order valence-electron chi connectivity index (χ2n) is 5.55. The molecule has 21 heavy (non-hydrogen) atoms. The van der Waals surface area contributed by atoms with E-state index < -0.39 is 0 Å². The second kappa shape index (κ2) is 6.01. The van der Waals surface area contributed by atoms with Crippen molar-refractivity contribution in [2.45, 2.75) is 18.5 Å². The van der Waals surface area contributed by atoms with Gasteiger partial charge in [0.15, 0.2) is 0 Å². The van der Waals surface area contributed by atoms with E-state index in [2.05, 4.69) is 16.0 Å². The predicted molar refractivity (Wildman–Crippen MR) is 81.8 cm³/mol. The minimum absolute atomic E-state index is 0.0501. The Balaban J connectivity index is 1.69. The lowest BCUT2D eigenvalue weighted by Crippen LogP contribution is -2.58. The minimum atomic E-state index is -0.161. The van der Waals surface area contributed by atoms with Gasteiger partial charge in [-0.25, -0.2) is 0 Å². The summed E-state index contributed by atoms with van der Waals surface area (Å²) in [5, 5.41) is 20.1. The van der Waals surface area contributed by atoms with Crippen LogP contribution >= 0.6 is 23.2 Å². The first-order valence-corrected chi connectivity index (χ1v) is 7.73. The average Bonchev–Trinajstić information content (AvgIpc) is 2.88. The number of rotatable bonds is 3. The van der Waals surface area contributed by atoms with Gasteiger partial charge < -0.3 is 21.1 Å². The van der Waals surface area contributed by atoms with Gasteiger partial charge in [0.2, 0.25) is 5.91 Å². The van der Waals surface area contributed by atoms with Crippen LogP contribution in [-0.2, 0) is 4.79 Å². The monoisotopic (exact) mass is 329 g/mol. The first-order chi connectivity index (χ1) is 10.1. The van der Waals surface area contributed by atoms with Crippen molar-refractivity contribution in [2.75, 3.05) is 19.6 Å². The number of amides is 1. The van der Waals surface area contributed by atoms with Crippen molar-refractivity contribution >= 4 is 29.1 Å². The van der Waals surface area contributed by atoms with E-state index in [9.17, 15) is 9.90 Å². The largest absolute Gasteiger partial charge is 0.508 e. The molecule has 2 saturated heterocycles. The molecule has 0 saturated carbocycles. The van der Waals surface area contributed by atoms with Crippen LogP contribution in [0.4, 0.5) is 0 Å². The first kappa shape index (κ1) is 14.9. The molecule has 2 heterocycles. The molecule has 114 valence electrons. The van der Waals surface area contributed by atoms with Crippen molar-refractivity contribution < 1.29 is 9.90 Å². The first-order valence-electron chi connectivity index (χ1n) is 6.97. The number of halogens is 2. The van der Waals surface area contributed by atoms with Crippen LogP contribution in [0.2, 0.25) is 10.0 Å². The van der Waals surface area contributed by atoms with E-state index in [4.69, 9.17) is 23.2 Å². The van der Waals surface area contributed by atoms with Crippen molar-refractivity contribution in [3.8, 4) is 5.75 Å². The average molecular weight is 330 g/mol. The van der Waals surface area contributed by atoms with Gasteiger partial charge in [-0.15, -0.1) is 0 Å². The number of benzene rings is 1. The van der Waals surface area contributed by atoms with Crippen molar-refractivity contribution in [2.24, 2.45) is 5.92 Å². The highest BCUT2D eigenvalue weighted by Crippen LogP contribution is 2.40. The predicted octanol–water partition coefficient (Wildman–Crippen LogP) is 1.44. The molecule has 7 heteroatoms. The summed E-state index contributed by atoms with van der Waals surface area (Å²) in [4.78, 5) is 12.2. The molecule has 2 unspecified atom stereocenters. The van der Waals surface area contributed by atoms with Gasteiger partial charge in [-0.3, -0.25) is 4.79 Å². The van der Waals surface area contributed by atoms with Crippen LogP contribution in [0.5, 0.6) is 5.75 Å². The highest BCUT2D eigenvalue weighted by atomic mass is 35.5. The molecule has 4 N–H and O–H groups in total. The fourth-order valence-electron chi connectivity index (χ4n) is 2.75. The molecule has 2 aliphatic heterocycles. The van der Waals surface area contributed by atoms with E-state index in [-0.39, 0.29) is 29.7 Å². The normalized spacial score (nSPS) is 25.6. The van der Waals surface area contributed by atoms with E-state index >= 15 is 0 Å². The molecule has 3 rings (SSSR count). The zero-order chi connectivity index (χ0) is 15.0. The third kappa shape index (κ3) is 2.97. The molecular weight excluding hydrogens is 313 g/mol. The van der Waals surface area contributed by atoms with Crippen molar-refractivity contribution in [3.63, 3.8) is 0 Å². The zero-order valence-corrected chi connectivity index (χ0v) is 12.8. The number of hydrogen-bond acceptors (Lipinski definition) is 4. The van der Waals surface area contributed by atoms with Crippen LogP contribution in [0, 0.1) is 5.92 Å². The molecule has 2 aliphatic rings. The lowest BCUT2D eigenvalue weighted by molar-refractivity contribution is -0.125. The SMILES string of the molecule is O=C(NC1CNC1)C1CNC(c2c(O)ccc(Cl)c2Cl)C1. The van der Waals surface area contributed by atoms with Crippen molar-refractivity contribution in [1.29, 1.82) is 0 Å². The van der Waals surface area contributed by atoms with Crippen LogP contribution in [0.15, 0.2) is 12.1 Å². The van der Waals surface area contributed by atoms with E-state index in [0.717, 1.165) is 13.1 Å². The van der Waals surface area contributed by atoms with Gasteiger partial charge in [0.1, 0.15) is 5.75 Å². The Labute approximate surface area is 133 Å². The molecule has 0 radical (unpaired) electrons. The summed E-state index contributed by atoms with van der Waals surface area (Å²) in [6.45, 7) is 2.23. The summed E-state index contributed by atoms with van der Waals surface area (Å²) >= 11 is 12.2. The number of aromatic hydroxyl groups is 1. The van der Waals surface area contributed by atoms with Gasteiger partial charge in [0.25, 0.3) is 0 Å². The summed E-state index contributed by atoms with van der Waals surface area (Å²) in [7, 11) is 0. The standard InChI is InChI=1S/C14H17Cl2N3O2/c15-9-1-2-11(20)12(13(9)16)10-3-7(4-18-10)14(21)19-8-5-17-6-8/h1-2,7-8,10,17-18,20H,3-6H2,(H,19,21). The summed E-state index contributed by atoms with van der Waals surface area (Å²) in [6, 6.07) is 3.16. The smallest absolute Gasteiger partial charge is 0.224 e. The number of nitrogens with one attached hydrogen (secondary N) is 3. The third-order valence-corrected chi connectivity index (χ3v) is 4.91. The molecule has 2 fully saturated rings. The molecule has 1 amide bonds. The molecule has 0 bridgehead atoms. The zero-order valence-electron chi connectivity index (χ0n) is 11.3. The van der Waals surface area contributed by atoms with Crippen molar-refractivity contribution in [3.05, 3.63) is 27.7 Å². The number of carbonyl (C=O) groups is 1. The van der Waals surface area contributed by atoms with Gasteiger partial charge in [-0.05, 0) is 18.6 Å². The van der Waals surface area contributed by atoms with E-state index in [1.807, 2.05) is 0 Å². The molecule has 0 spiro atoms.